The van der Waals surface area contributed by atoms with Crippen LogP contribution in [-0.2, 0) is 47.6 Å². The minimum Gasteiger partial charge on any atom is -0.454 e. The molecule has 4 aliphatic heterocycles. The number of hydrogen-bond donors (Lipinski definition) is 0. The highest BCUT2D eigenvalue weighted by molar-refractivity contribution is 14.1. The molecule has 0 N–H and O–H groups in total. The maximum atomic E-state index is 13.7. The Bertz CT molecular complexity index is 1230. The second-order valence-electron chi connectivity index (χ2n) is 10.9. The Balaban J connectivity index is 1.29. The molecule has 4 heterocycles. The van der Waals surface area contributed by atoms with Crippen LogP contribution in [0.3, 0.4) is 0 Å². The lowest BCUT2D eigenvalue weighted by Gasteiger charge is -2.57. The fourth-order valence-electron chi connectivity index (χ4n) is 6.12. The van der Waals surface area contributed by atoms with E-state index >= 15 is 0 Å². The van der Waals surface area contributed by atoms with Crippen LogP contribution in [0.25, 0.3) is 0 Å². The van der Waals surface area contributed by atoms with Crippen molar-refractivity contribution in [2.75, 3.05) is 0 Å². The van der Waals surface area contributed by atoms with Crippen LogP contribution in [0.4, 0.5) is 0 Å². The van der Waals surface area contributed by atoms with Crippen molar-refractivity contribution in [3.05, 3.63) is 29.8 Å². The Hall–Kier alpha value is -1.32. The zero-order valence-electron chi connectivity index (χ0n) is 20.1. The van der Waals surface area contributed by atoms with Gasteiger partial charge in [-0.25, -0.2) is 4.79 Å². The Morgan fingerprint density at radius 3 is 2.19 bits per heavy atom. The average Bonchev–Trinajstić information content (AvgIpc) is 3.11. The molecule has 0 amide bonds. The summed E-state index contributed by atoms with van der Waals surface area (Å²) in [5, 5.41) is 0. The summed E-state index contributed by atoms with van der Waals surface area (Å²) in [6, 6.07) is 6.30. The molecule has 9 atom stereocenters. The maximum absolute atomic E-state index is 13.7. The third-order valence-corrected chi connectivity index (χ3v) is 11.7. The Morgan fingerprint density at radius 1 is 1.00 bits per heavy atom. The molecule has 12 heteroatoms. The van der Waals surface area contributed by atoms with Crippen molar-refractivity contribution in [3.63, 3.8) is 0 Å². The van der Waals surface area contributed by atoms with E-state index in [1.807, 2.05) is 27.7 Å². The standard InChI is InChI=1S/C24H27IO10S/c1-11-5-7-12(8-6-11)36(28,29)35-18-15-13(25)14-16(17(18)33-21(31-14)32-15)30-20(27)24-10-9-23(4,19(26)34-24)22(24,2)3/h5-8,13-18,21H,9-10H2,1-4H3. The van der Waals surface area contributed by atoms with Gasteiger partial charge in [-0.3, -0.25) is 8.98 Å². The van der Waals surface area contributed by atoms with E-state index in [1.165, 1.54) is 12.1 Å². The van der Waals surface area contributed by atoms with Gasteiger partial charge in [0.05, 0.1) is 14.2 Å². The molecule has 4 saturated heterocycles. The molecule has 6 bridgehead atoms. The van der Waals surface area contributed by atoms with Gasteiger partial charge in [0.2, 0.25) is 5.60 Å². The quantitative estimate of drug-likeness (QED) is 0.207. The number of carbonyl (C=O) groups excluding carboxylic acids is 2. The molecule has 6 aliphatic rings. The summed E-state index contributed by atoms with van der Waals surface area (Å²) in [4.78, 5) is 26.3. The number of halogens is 1. The lowest BCUT2D eigenvalue weighted by atomic mass is 9.66. The monoisotopic (exact) mass is 634 g/mol. The van der Waals surface area contributed by atoms with E-state index < -0.39 is 75.5 Å². The predicted octanol–water partition coefficient (Wildman–Crippen LogP) is 2.39. The molecular formula is C24H27IO10S. The van der Waals surface area contributed by atoms with Gasteiger partial charge in [-0.15, -0.1) is 0 Å². The summed E-state index contributed by atoms with van der Waals surface area (Å²) < 4.78 is 60.5. The predicted molar refractivity (Wildman–Crippen MR) is 129 cm³/mol. The first kappa shape index (κ1) is 25.0. The zero-order chi connectivity index (χ0) is 25.8. The highest BCUT2D eigenvalue weighted by atomic mass is 127. The molecule has 0 radical (unpaired) electrons. The lowest BCUT2D eigenvalue weighted by molar-refractivity contribution is -0.456. The van der Waals surface area contributed by atoms with E-state index in [1.54, 1.807) is 12.1 Å². The van der Waals surface area contributed by atoms with Crippen LogP contribution in [0.2, 0.25) is 0 Å². The summed E-state index contributed by atoms with van der Waals surface area (Å²) in [7, 11) is -4.17. The van der Waals surface area contributed by atoms with Crippen LogP contribution in [-0.4, -0.2) is 66.9 Å². The number of benzene rings is 1. The number of ether oxygens (including phenoxy) is 5. The second-order valence-corrected chi connectivity index (χ2v) is 13.9. The first-order valence-corrected chi connectivity index (χ1v) is 14.5. The summed E-state index contributed by atoms with van der Waals surface area (Å²) >= 11 is 2.10. The molecule has 0 spiro atoms. The van der Waals surface area contributed by atoms with Crippen molar-refractivity contribution in [1.82, 2.24) is 0 Å². The van der Waals surface area contributed by atoms with Crippen LogP contribution in [0, 0.1) is 17.8 Å². The van der Waals surface area contributed by atoms with Gasteiger partial charge in [-0.05, 0) is 38.8 Å². The third-order valence-electron chi connectivity index (χ3n) is 8.93. The van der Waals surface area contributed by atoms with E-state index in [-0.39, 0.29) is 8.82 Å². The highest BCUT2D eigenvalue weighted by Gasteiger charge is 2.77. The smallest absolute Gasteiger partial charge is 0.351 e. The number of alkyl halides is 1. The van der Waals surface area contributed by atoms with Crippen LogP contribution in [0.5, 0.6) is 0 Å². The van der Waals surface area contributed by atoms with E-state index in [2.05, 4.69) is 22.6 Å². The molecule has 196 valence electrons. The maximum Gasteiger partial charge on any atom is 0.351 e. The van der Waals surface area contributed by atoms with Crippen molar-refractivity contribution < 1.29 is 45.9 Å². The number of fused-ring (bicyclic) bond motifs is 2. The fraction of sp³-hybridized carbons (Fsp3) is 0.667. The molecule has 2 aliphatic carbocycles. The number of esters is 2. The van der Waals surface area contributed by atoms with Gasteiger partial charge in [-0.1, -0.05) is 54.1 Å². The number of rotatable bonds is 5. The Morgan fingerprint density at radius 2 is 1.61 bits per heavy atom. The topological polar surface area (TPSA) is 124 Å². The first-order valence-electron chi connectivity index (χ1n) is 11.9. The van der Waals surface area contributed by atoms with E-state index in [0.717, 1.165) is 5.56 Å². The van der Waals surface area contributed by atoms with Crippen molar-refractivity contribution in [2.45, 2.75) is 92.0 Å². The highest BCUT2D eigenvalue weighted by Crippen LogP contribution is 2.66. The molecule has 0 aromatic heterocycles. The summed E-state index contributed by atoms with van der Waals surface area (Å²) in [5.74, 6) is -1.10. The van der Waals surface area contributed by atoms with E-state index in [4.69, 9.17) is 27.9 Å². The van der Waals surface area contributed by atoms with Gasteiger partial charge < -0.3 is 23.7 Å². The molecule has 6 fully saturated rings. The van der Waals surface area contributed by atoms with E-state index in [0.29, 0.717) is 12.8 Å². The van der Waals surface area contributed by atoms with Gasteiger partial charge >= 0.3 is 11.9 Å². The molecule has 2 saturated carbocycles. The van der Waals surface area contributed by atoms with Crippen LogP contribution in [0.1, 0.15) is 39.2 Å². The van der Waals surface area contributed by atoms with Gasteiger partial charge in [0.25, 0.3) is 16.6 Å². The second kappa shape index (κ2) is 7.85. The normalized spacial score (nSPS) is 44.0. The lowest BCUT2D eigenvalue weighted by Crippen LogP contribution is -2.75. The van der Waals surface area contributed by atoms with Crippen molar-refractivity contribution in [1.29, 1.82) is 0 Å². The first-order chi connectivity index (χ1) is 16.8. The third kappa shape index (κ3) is 3.17. The minimum atomic E-state index is -4.17. The molecule has 9 unspecified atom stereocenters. The average molecular weight is 634 g/mol. The van der Waals surface area contributed by atoms with Crippen LogP contribution < -0.4 is 0 Å². The van der Waals surface area contributed by atoms with Gasteiger partial charge in [0.15, 0.2) is 6.10 Å². The summed E-state index contributed by atoms with van der Waals surface area (Å²) in [6.45, 7) is 6.33. The number of carbonyl (C=O) groups is 2. The van der Waals surface area contributed by atoms with Crippen molar-refractivity contribution in [2.24, 2.45) is 10.8 Å². The summed E-state index contributed by atoms with van der Waals surface area (Å²) in [6.07, 6.45) is -3.42. The van der Waals surface area contributed by atoms with Gasteiger partial charge in [0, 0.05) is 5.41 Å². The minimum absolute atomic E-state index is 0.000423. The molecule has 36 heavy (non-hydrogen) atoms. The number of aryl methyl sites for hydroxylation is 1. The molecule has 7 rings (SSSR count). The Kier molecular flexibility index (Phi) is 5.45. The van der Waals surface area contributed by atoms with Gasteiger partial charge in [-0.2, -0.15) is 8.42 Å². The molecule has 1 aromatic rings. The van der Waals surface area contributed by atoms with Crippen molar-refractivity contribution >= 4 is 44.6 Å². The van der Waals surface area contributed by atoms with Gasteiger partial charge in [0.1, 0.15) is 24.4 Å². The molecule has 1 aromatic carbocycles. The zero-order valence-corrected chi connectivity index (χ0v) is 23.1. The molecular weight excluding hydrogens is 607 g/mol. The van der Waals surface area contributed by atoms with E-state index in [9.17, 15) is 18.0 Å². The number of hydrogen-bond acceptors (Lipinski definition) is 10. The van der Waals surface area contributed by atoms with Crippen LogP contribution in [0.15, 0.2) is 29.2 Å². The largest absolute Gasteiger partial charge is 0.454 e. The van der Waals surface area contributed by atoms with Crippen molar-refractivity contribution in [3.8, 4) is 0 Å². The SMILES string of the molecule is Cc1ccc(S(=O)(=O)OC2C3OC4OC(C3I)C(OC(=O)C35CCC(C)(C(=O)O3)C5(C)C)C2O4)cc1. The summed E-state index contributed by atoms with van der Waals surface area (Å²) in [5.41, 5.74) is -2.12. The molecule has 10 nitrogen and oxygen atoms in total. The van der Waals surface area contributed by atoms with Crippen LogP contribution >= 0.6 is 22.6 Å². The fourth-order valence-corrected chi connectivity index (χ4v) is 8.37. The Labute approximate surface area is 222 Å².